The Morgan fingerprint density at radius 1 is 1.03 bits per heavy atom. The van der Waals surface area contributed by atoms with E-state index in [4.69, 9.17) is 0 Å². The third kappa shape index (κ3) is 4.91. The number of hydrogen-bond donors (Lipinski definition) is 1. The Bertz CT molecular complexity index is 1010. The van der Waals surface area contributed by atoms with Gasteiger partial charge in [-0.05, 0) is 61.0 Å². The van der Waals surface area contributed by atoms with Crippen LogP contribution in [0.1, 0.15) is 36.8 Å². The molecule has 0 radical (unpaired) electrons. The number of carbonyl (C=O) groups excluding carboxylic acids is 1. The van der Waals surface area contributed by atoms with Crippen LogP contribution in [-0.2, 0) is 11.2 Å². The standard InChI is InChI=1S/C28H33N3O/c1-22(23-9-4-3-5-10-23)21-31-17-14-28(15-18-31,27(32)29-2)19-24-11-6-7-13-26(24)25-12-8-16-30-20-25/h3-13,16,20,22H,14-15,17-19,21H2,1-2H3,(H,29,32)/t22-/m1/s1. The van der Waals surface area contributed by atoms with Gasteiger partial charge in [0.15, 0.2) is 0 Å². The molecular weight excluding hydrogens is 394 g/mol. The van der Waals surface area contributed by atoms with Crippen LogP contribution in [0.15, 0.2) is 79.1 Å². The van der Waals surface area contributed by atoms with E-state index in [0.717, 1.165) is 44.5 Å². The van der Waals surface area contributed by atoms with Crippen molar-refractivity contribution in [1.82, 2.24) is 15.2 Å². The van der Waals surface area contributed by atoms with E-state index in [1.54, 1.807) is 13.2 Å². The zero-order valence-electron chi connectivity index (χ0n) is 19.1. The number of benzene rings is 2. The maximum absolute atomic E-state index is 13.1. The van der Waals surface area contributed by atoms with E-state index >= 15 is 0 Å². The monoisotopic (exact) mass is 427 g/mol. The lowest BCUT2D eigenvalue weighted by atomic mass is 9.72. The number of pyridine rings is 1. The molecule has 0 bridgehead atoms. The van der Waals surface area contributed by atoms with Crippen molar-refractivity contribution < 1.29 is 4.79 Å². The van der Waals surface area contributed by atoms with Gasteiger partial charge in [-0.25, -0.2) is 0 Å². The van der Waals surface area contributed by atoms with Crippen molar-refractivity contribution in [2.45, 2.75) is 32.1 Å². The van der Waals surface area contributed by atoms with E-state index < -0.39 is 0 Å². The lowest BCUT2D eigenvalue weighted by molar-refractivity contribution is -0.133. The van der Waals surface area contributed by atoms with Gasteiger partial charge in [-0.2, -0.15) is 0 Å². The fraction of sp³-hybridized carbons (Fsp3) is 0.357. The minimum atomic E-state index is -0.375. The largest absolute Gasteiger partial charge is 0.359 e. The SMILES string of the molecule is CNC(=O)C1(Cc2ccccc2-c2cccnc2)CCN(C[C@@H](C)c2ccccc2)CC1. The summed E-state index contributed by atoms with van der Waals surface area (Å²) in [7, 11) is 1.76. The van der Waals surface area contributed by atoms with Gasteiger partial charge in [0.2, 0.25) is 5.91 Å². The summed E-state index contributed by atoms with van der Waals surface area (Å²) in [5.41, 5.74) is 4.49. The van der Waals surface area contributed by atoms with Crippen LogP contribution < -0.4 is 5.32 Å². The van der Waals surface area contributed by atoms with Crippen LogP contribution in [0.3, 0.4) is 0 Å². The zero-order valence-corrected chi connectivity index (χ0v) is 19.1. The van der Waals surface area contributed by atoms with Gasteiger partial charge in [-0.15, -0.1) is 0 Å². The predicted octanol–water partition coefficient (Wildman–Crippen LogP) is 4.92. The Hall–Kier alpha value is -2.98. The highest BCUT2D eigenvalue weighted by Gasteiger charge is 2.41. The molecule has 1 amide bonds. The first-order valence-corrected chi connectivity index (χ1v) is 11.6. The maximum atomic E-state index is 13.1. The third-order valence-corrected chi connectivity index (χ3v) is 6.94. The van der Waals surface area contributed by atoms with Gasteiger partial charge in [-0.3, -0.25) is 9.78 Å². The van der Waals surface area contributed by atoms with Crippen LogP contribution in [0.2, 0.25) is 0 Å². The number of rotatable bonds is 7. The molecule has 0 spiro atoms. The molecule has 166 valence electrons. The second kappa shape index (κ2) is 10.1. The Labute approximate surface area is 191 Å². The molecule has 4 heteroatoms. The number of amides is 1. The number of hydrogen-bond acceptors (Lipinski definition) is 3. The Morgan fingerprint density at radius 3 is 2.44 bits per heavy atom. The van der Waals surface area contributed by atoms with E-state index in [9.17, 15) is 4.79 Å². The smallest absolute Gasteiger partial charge is 0.226 e. The second-order valence-electron chi connectivity index (χ2n) is 9.05. The van der Waals surface area contributed by atoms with Gasteiger partial charge in [-0.1, -0.05) is 67.6 Å². The van der Waals surface area contributed by atoms with Gasteiger partial charge in [0.1, 0.15) is 0 Å². The van der Waals surface area contributed by atoms with E-state index in [0.29, 0.717) is 5.92 Å². The summed E-state index contributed by atoms with van der Waals surface area (Å²) in [5, 5.41) is 2.97. The highest BCUT2D eigenvalue weighted by atomic mass is 16.2. The summed E-state index contributed by atoms with van der Waals surface area (Å²) in [6.07, 6.45) is 6.19. The van der Waals surface area contributed by atoms with Crippen LogP contribution in [0, 0.1) is 5.41 Å². The van der Waals surface area contributed by atoms with E-state index in [1.807, 2.05) is 12.3 Å². The average Bonchev–Trinajstić information content (AvgIpc) is 2.86. The van der Waals surface area contributed by atoms with E-state index in [1.165, 1.54) is 16.7 Å². The van der Waals surface area contributed by atoms with Crippen molar-refractivity contribution in [2.24, 2.45) is 5.41 Å². The number of carbonyl (C=O) groups is 1. The molecule has 1 aliphatic heterocycles. The van der Waals surface area contributed by atoms with E-state index in [2.05, 4.69) is 82.8 Å². The molecule has 4 rings (SSSR count). The molecule has 3 aromatic rings. The number of nitrogens with zero attached hydrogens (tertiary/aromatic N) is 2. The van der Waals surface area contributed by atoms with Crippen molar-refractivity contribution >= 4 is 5.91 Å². The zero-order chi connectivity index (χ0) is 22.4. The maximum Gasteiger partial charge on any atom is 0.226 e. The molecule has 4 nitrogen and oxygen atoms in total. The van der Waals surface area contributed by atoms with Crippen LogP contribution in [0.4, 0.5) is 0 Å². The highest BCUT2D eigenvalue weighted by Crippen LogP contribution is 2.38. The number of nitrogens with one attached hydrogen (secondary N) is 1. The van der Waals surface area contributed by atoms with Gasteiger partial charge in [0, 0.05) is 31.5 Å². The number of aromatic nitrogens is 1. The van der Waals surface area contributed by atoms with Crippen LogP contribution >= 0.6 is 0 Å². The van der Waals surface area contributed by atoms with Gasteiger partial charge in [0.05, 0.1) is 5.41 Å². The molecule has 1 aliphatic rings. The van der Waals surface area contributed by atoms with Gasteiger partial charge < -0.3 is 10.2 Å². The van der Waals surface area contributed by atoms with Crippen molar-refractivity contribution in [3.05, 3.63) is 90.3 Å². The molecule has 2 aromatic carbocycles. The molecule has 1 atom stereocenters. The van der Waals surface area contributed by atoms with Crippen molar-refractivity contribution in [1.29, 1.82) is 0 Å². The van der Waals surface area contributed by atoms with Crippen molar-refractivity contribution in [3.8, 4) is 11.1 Å². The van der Waals surface area contributed by atoms with Crippen molar-refractivity contribution in [3.63, 3.8) is 0 Å². The second-order valence-corrected chi connectivity index (χ2v) is 9.05. The quantitative estimate of drug-likeness (QED) is 0.582. The Kier molecular flexibility index (Phi) is 7.01. The fourth-order valence-electron chi connectivity index (χ4n) is 5.03. The fourth-order valence-corrected chi connectivity index (χ4v) is 5.03. The average molecular weight is 428 g/mol. The first kappa shape index (κ1) is 22.2. The predicted molar refractivity (Wildman–Crippen MR) is 130 cm³/mol. The highest BCUT2D eigenvalue weighted by molar-refractivity contribution is 5.83. The topological polar surface area (TPSA) is 45.2 Å². The van der Waals surface area contributed by atoms with Crippen LogP contribution in [0.25, 0.3) is 11.1 Å². The van der Waals surface area contributed by atoms with E-state index in [-0.39, 0.29) is 11.3 Å². The summed E-state index contributed by atoms with van der Waals surface area (Å²) in [4.78, 5) is 20.0. The molecule has 0 saturated carbocycles. The molecule has 1 aromatic heterocycles. The normalized spacial score (nSPS) is 16.9. The molecule has 32 heavy (non-hydrogen) atoms. The van der Waals surface area contributed by atoms with Crippen molar-refractivity contribution in [2.75, 3.05) is 26.7 Å². The van der Waals surface area contributed by atoms with Crippen LogP contribution in [0.5, 0.6) is 0 Å². The summed E-state index contributed by atoms with van der Waals surface area (Å²) < 4.78 is 0. The molecule has 0 unspecified atom stereocenters. The van der Waals surface area contributed by atoms with Gasteiger partial charge >= 0.3 is 0 Å². The number of piperidine rings is 1. The third-order valence-electron chi connectivity index (χ3n) is 6.94. The summed E-state index contributed by atoms with van der Waals surface area (Å²) in [6, 6.07) is 23.2. The summed E-state index contributed by atoms with van der Waals surface area (Å²) >= 11 is 0. The summed E-state index contributed by atoms with van der Waals surface area (Å²) in [5.74, 6) is 0.643. The molecule has 1 N–H and O–H groups in total. The molecule has 2 heterocycles. The van der Waals surface area contributed by atoms with Gasteiger partial charge in [0.25, 0.3) is 0 Å². The molecule has 1 saturated heterocycles. The molecule has 0 aliphatic carbocycles. The Balaban J connectivity index is 1.50. The first-order chi connectivity index (χ1) is 15.6. The van der Waals surface area contributed by atoms with Crippen LogP contribution in [-0.4, -0.2) is 42.5 Å². The lowest BCUT2D eigenvalue weighted by Crippen LogP contribution is -2.49. The molecule has 1 fully saturated rings. The summed E-state index contributed by atoms with van der Waals surface area (Å²) in [6.45, 7) is 5.21. The minimum absolute atomic E-state index is 0.161. The lowest BCUT2D eigenvalue weighted by Gasteiger charge is -2.41. The Morgan fingerprint density at radius 2 is 1.75 bits per heavy atom. The minimum Gasteiger partial charge on any atom is -0.359 e. The molecular formula is C28H33N3O. The first-order valence-electron chi connectivity index (χ1n) is 11.6. The number of likely N-dealkylation sites (tertiary alicyclic amines) is 1.